The molecule has 0 atom stereocenters. The number of anilines is 3. The fraction of sp³-hybridized carbons (Fsp3) is 0.263. The number of ether oxygens (including phenoxy) is 1. The van der Waals surface area contributed by atoms with Gasteiger partial charge in [-0.15, -0.1) is 22.7 Å². The van der Waals surface area contributed by atoms with E-state index in [1.165, 1.54) is 17.4 Å². The molecular weight excluding hydrogens is 410 g/mol. The molecule has 0 spiro atoms. The van der Waals surface area contributed by atoms with E-state index in [1.807, 2.05) is 6.07 Å². The summed E-state index contributed by atoms with van der Waals surface area (Å²) >= 11 is 2.49. The maximum absolute atomic E-state index is 13.0. The van der Waals surface area contributed by atoms with Crippen molar-refractivity contribution in [1.82, 2.24) is 4.98 Å². The van der Waals surface area contributed by atoms with E-state index in [-0.39, 0.29) is 28.6 Å². The molecule has 1 aliphatic rings. The van der Waals surface area contributed by atoms with E-state index in [0.717, 1.165) is 41.0 Å². The highest BCUT2D eigenvalue weighted by atomic mass is 32.1. The Kier molecular flexibility index (Phi) is 4.86. The van der Waals surface area contributed by atoms with Crippen molar-refractivity contribution in [2.75, 3.05) is 23.4 Å². The summed E-state index contributed by atoms with van der Waals surface area (Å²) in [5, 5.41) is 12.9. The van der Waals surface area contributed by atoms with Crippen LogP contribution in [0.25, 0.3) is 10.2 Å². The Labute approximate surface area is 174 Å². The second-order valence-corrected chi connectivity index (χ2v) is 8.57. The number of nitrogen functional groups attached to an aromatic ring is 2. The van der Waals surface area contributed by atoms with E-state index in [0.29, 0.717) is 20.8 Å². The van der Waals surface area contributed by atoms with Crippen molar-refractivity contribution in [3.8, 4) is 6.07 Å². The number of hydrogen-bond acceptors (Lipinski definition) is 9. The second kappa shape index (κ2) is 7.35. The van der Waals surface area contributed by atoms with Crippen LogP contribution >= 0.6 is 22.7 Å². The molecule has 0 aliphatic heterocycles. The average Bonchev–Trinajstić information content (AvgIpc) is 3.34. The lowest BCUT2D eigenvalue weighted by Crippen LogP contribution is -2.15. The first-order chi connectivity index (χ1) is 13.9. The van der Waals surface area contributed by atoms with Crippen molar-refractivity contribution in [2.45, 2.75) is 26.2 Å². The van der Waals surface area contributed by atoms with Gasteiger partial charge in [-0.05, 0) is 37.8 Å². The van der Waals surface area contributed by atoms with Gasteiger partial charge in [0.1, 0.15) is 26.6 Å². The van der Waals surface area contributed by atoms with Gasteiger partial charge in [0.2, 0.25) is 0 Å². The topological polar surface area (TPSA) is 144 Å². The minimum atomic E-state index is -0.437. The van der Waals surface area contributed by atoms with E-state index in [1.54, 1.807) is 6.92 Å². The third-order valence-corrected chi connectivity index (χ3v) is 7.03. The summed E-state index contributed by atoms with van der Waals surface area (Å²) in [6.07, 6.45) is 2.66. The van der Waals surface area contributed by atoms with Crippen molar-refractivity contribution < 1.29 is 14.3 Å². The molecule has 1 aliphatic carbocycles. The summed E-state index contributed by atoms with van der Waals surface area (Å²) in [4.78, 5) is 31.4. The maximum Gasteiger partial charge on any atom is 0.341 e. The first-order valence-electron chi connectivity index (χ1n) is 8.96. The van der Waals surface area contributed by atoms with Crippen molar-refractivity contribution in [1.29, 1.82) is 5.26 Å². The molecule has 0 saturated heterocycles. The van der Waals surface area contributed by atoms with E-state index in [4.69, 9.17) is 21.5 Å². The number of esters is 1. The number of amides is 1. The van der Waals surface area contributed by atoms with Gasteiger partial charge in [0, 0.05) is 10.3 Å². The Bertz CT molecular complexity index is 1210. The smallest absolute Gasteiger partial charge is 0.341 e. The summed E-state index contributed by atoms with van der Waals surface area (Å²) in [6, 6.07) is 3.49. The zero-order valence-electron chi connectivity index (χ0n) is 15.5. The molecule has 29 heavy (non-hydrogen) atoms. The van der Waals surface area contributed by atoms with Crippen LogP contribution in [0.15, 0.2) is 6.07 Å². The maximum atomic E-state index is 13.0. The third-order valence-electron chi connectivity index (χ3n) is 4.71. The standard InChI is InChI=1S/C19H17N5O3S2/c1-2-27-19(26)12-9-4-3-5-11(9)28-18(12)24-16(25)14-13(21)10-6-8(7-20)15(22)23-17(10)29-14/h6H,2-5,21H2,1H3,(H2,22,23)(H,24,25). The molecule has 0 unspecified atom stereocenters. The number of pyridine rings is 1. The zero-order valence-corrected chi connectivity index (χ0v) is 17.1. The normalized spacial score (nSPS) is 12.6. The number of thiophene rings is 2. The largest absolute Gasteiger partial charge is 0.462 e. The van der Waals surface area contributed by atoms with Crippen LogP contribution in [0.3, 0.4) is 0 Å². The molecule has 148 valence electrons. The van der Waals surface area contributed by atoms with Crippen LogP contribution in [-0.4, -0.2) is 23.5 Å². The van der Waals surface area contributed by atoms with Crippen LogP contribution in [0.2, 0.25) is 0 Å². The van der Waals surface area contributed by atoms with Crippen molar-refractivity contribution in [3.05, 3.63) is 32.5 Å². The SMILES string of the molecule is CCOC(=O)c1c(NC(=O)c2sc3nc(N)c(C#N)cc3c2N)sc2c1CCC2. The Morgan fingerprint density at radius 2 is 2.14 bits per heavy atom. The van der Waals surface area contributed by atoms with Gasteiger partial charge in [0.05, 0.1) is 23.4 Å². The van der Waals surface area contributed by atoms with Crippen LogP contribution in [0, 0.1) is 11.3 Å². The Morgan fingerprint density at radius 1 is 1.34 bits per heavy atom. The molecule has 3 heterocycles. The van der Waals surface area contributed by atoms with E-state index in [9.17, 15) is 9.59 Å². The quantitative estimate of drug-likeness (QED) is 0.542. The number of nitriles is 1. The fourth-order valence-electron chi connectivity index (χ4n) is 3.38. The Morgan fingerprint density at radius 3 is 2.86 bits per heavy atom. The molecule has 5 N–H and O–H groups in total. The van der Waals surface area contributed by atoms with Crippen LogP contribution in [0.1, 0.15) is 49.4 Å². The predicted molar refractivity (Wildman–Crippen MR) is 113 cm³/mol. The highest BCUT2D eigenvalue weighted by Gasteiger charge is 2.29. The highest BCUT2D eigenvalue weighted by Crippen LogP contribution is 2.41. The summed E-state index contributed by atoms with van der Waals surface area (Å²) in [6.45, 7) is 2.00. The molecular formula is C19H17N5O3S2. The Balaban J connectivity index is 1.71. The van der Waals surface area contributed by atoms with Crippen molar-refractivity contribution >= 4 is 61.3 Å². The third kappa shape index (κ3) is 3.18. The predicted octanol–water partition coefficient (Wildman–Crippen LogP) is 3.31. The van der Waals surface area contributed by atoms with Gasteiger partial charge in [0.15, 0.2) is 0 Å². The van der Waals surface area contributed by atoms with Crippen LogP contribution in [0.5, 0.6) is 0 Å². The first-order valence-corrected chi connectivity index (χ1v) is 10.6. The van der Waals surface area contributed by atoms with E-state index < -0.39 is 11.9 Å². The van der Waals surface area contributed by atoms with Gasteiger partial charge < -0.3 is 21.5 Å². The van der Waals surface area contributed by atoms with Gasteiger partial charge in [-0.3, -0.25) is 4.79 Å². The summed E-state index contributed by atoms with van der Waals surface area (Å²) in [7, 11) is 0. The number of aryl methyl sites for hydroxylation is 1. The van der Waals surface area contributed by atoms with Crippen LogP contribution in [0.4, 0.5) is 16.5 Å². The average molecular weight is 428 g/mol. The number of nitrogens with two attached hydrogens (primary N) is 2. The molecule has 4 rings (SSSR count). The highest BCUT2D eigenvalue weighted by molar-refractivity contribution is 7.21. The van der Waals surface area contributed by atoms with E-state index in [2.05, 4.69) is 10.3 Å². The lowest BCUT2D eigenvalue weighted by atomic mass is 10.1. The molecule has 3 aromatic heterocycles. The minimum absolute atomic E-state index is 0.0903. The number of fused-ring (bicyclic) bond motifs is 2. The lowest BCUT2D eigenvalue weighted by molar-refractivity contribution is 0.0527. The number of carbonyl (C=O) groups excluding carboxylic acids is 2. The molecule has 0 saturated carbocycles. The molecule has 0 radical (unpaired) electrons. The molecule has 0 bridgehead atoms. The number of carbonyl (C=O) groups is 2. The molecule has 8 nitrogen and oxygen atoms in total. The summed E-state index contributed by atoms with van der Waals surface area (Å²) < 4.78 is 5.19. The zero-order chi connectivity index (χ0) is 20.7. The number of aromatic nitrogens is 1. The minimum Gasteiger partial charge on any atom is -0.462 e. The van der Waals surface area contributed by atoms with Crippen LogP contribution < -0.4 is 16.8 Å². The van der Waals surface area contributed by atoms with Crippen molar-refractivity contribution in [2.24, 2.45) is 0 Å². The monoisotopic (exact) mass is 427 g/mol. The van der Waals surface area contributed by atoms with Crippen molar-refractivity contribution in [3.63, 3.8) is 0 Å². The van der Waals surface area contributed by atoms with Gasteiger partial charge in [0.25, 0.3) is 5.91 Å². The van der Waals surface area contributed by atoms with Crippen LogP contribution in [-0.2, 0) is 17.6 Å². The number of nitrogens with zero attached hydrogens (tertiary/aromatic N) is 2. The fourth-order valence-corrected chi connectivity index (χ4v) is 5.64. The number of rotatable bonds is 4. The molecule has 0 fully saturated rings. The molecule has 3 aromatic rings. The first kappa shape index (κ1) is 19.2. The number of hydrogen-bond donors (Lipinski definition) is 3. The summed E-state index contributed by atoms with van der Waals surface area (Å²) in [5.74, 6) is -0.778. The number of nitrogens with one attached hydrogen (secondary N) is 1. The van der Waals surface area contributed by atoms with Gasteiger partial charge in [-0.25, -0.2) is 9.78 Å². The van der Waals surface area contributed by atoms with Gasteiger partial charge >= 0.3 is 5.97 Å². The Hall–Kier alpha value is -3.16. The van der Waals surface area contributed by atoms with Gasteiger partial charge in [-0.1, -0.05) is 0 Å². The summed E-state index contributed by atoms with van der Waals surface area (Å²) in [5.41, 5.74) is 13.7. The van der Waals surface area contributed by atoms with E-state index >= 15 is 0 Å². The molecule has 1 amide bonds. The molecule has 0 aromatic carbocycles. The molecule has 10 heteroatoms. The second-order valence-electron chi connectivity index (χ2n) is 6.47. The lowest BCUT2D eigenvalue weighted by Gasteiger charge is -2.07. The van der Waals surface area contributed by atoms with Gasteiger partial charge in [-0.2, -0.15) is 5.26 Å².